The van der Waals surface area contributed by atoms with Crippen molar-refractivity contribution < 1.29 is 9.63 Å². The van der Waals surface area contributed by atoms with Crippen LogP contribution in [-0.2, 0) is 9.63 Å². The lowest BCUT2D eigenvalue weighted by Crippen LogP contribution is -2.22. The molecule has 0 saturated carbocycles. The van der Waals surface area contributed by atoms with Crippen LogP contribution in [0.5, 0.6) is 0 Å². The molecule has 1 atom stereocenters. The van der Waals surface area contributed by atoms with E-state index in [1.165, 1.54) is 6.21 Å². The summed E-state index contributed by atoms with van der Waals surface area (Å²) in [6, 6.07) is 0. The van der Waals surface area contributed by atoms with Gasteiger partial charge in [-0.05, 0) is 6.92 Å². The van der Waals surface area contributed by atoms with Gasteiger partial charge >= 0.3 is 5.97 Å². The third-order valence-corrected chi connectivity index (χ3v) is 1.37. The second kappa shape index (κ2) is 3.65. The molecule has 7 heteroatoms. The summed E-state index contributed by atoms with van der Waals surface area (Å²) in [6.45, 7) is 1.65. The second-order valence-corrected chi connectivity index (χ2v) is 2.41. The number of hydrogen-bond donors (Lipinski definition) is 2. The van der Waals surface area contributed by atoms with Gasteiger partial charge in [-0.1, -0.05) is 5.16 Å². The summed E-state index contributed by atoms with van der Waals surface area (Å²) in [5, 5.41) is 10.3. The number of hydrogen-bond acceptors (Lipinski definition) is 5. The van der Waals surface area contributed by atoms with Crippen molar-refractivity contribution in [2.24, 2.45) is 32.7 Å². The van der Waals surface area contributed by atoms with Crippen molar-refractivity contribution in [2.45, 2.75) is 6.92 Å². The van der Waals surface area contributed by atoms with Gasteiger partial charge in [0.15, 0.2) is 0 Å². The van der Waals surface area contributed by atoms with Crippen LogP contribution >= 0.6 is 0 Å². The average Bonchev–Trinajstić information content (AvgIpc) is 2.34. The Kier molecular flexibility index (Phi) is 2.58. The van der Waals surface area contributed by atoms with Gasteiger partial charge in [-0.2, -0.15) is 5.10 Å². The standard InChI is InChI=1S/C6H9N5O2/c1-3-4(5(12)13-11-3)2-9-10-6(7)8/h2,4H,1H3,(H4,7,8,10)/b9-2+. The molecular formula is C6H9N5O2. The Balaban J connectivity index is 2.63. The largest absolute Gasteiger partial charge is 0.369 e. The molecule has 1 rings (SSSR count). The van der Waals surface area contributed by atoms with Crippen LogP contribution in [0.15, 0.2) is 15.4 Å². The molecule has 1 heterocycles. The summed E-state index contributed by atoms with van der Waals surface area (Å²) in [6.07, 6.45) is 1.27. The fourth-order valence-electron chi connectivity index (χ4n) is 0.736. The first-order valence-electron chi connectivity index (χ1n) is 3.48. The Labute approximate surface area is 74.1 Å². The first kappa shape index (κ1) is 9.17. The molecule has 4 N–H and O–H groups in total. The molecule has 0 aromatic rings. The number of oxime groups is 1. The van der Waals surface area contributed by atoms with E-state index in [0.717, 1.165) is 0 Å². The molecule has 0 radical (unpaired) electrons. The lowest BCUT2D eigenvalue weighted by atomic mass is 10.1. The van der Waals surface area contributed by atoms with E-state index >= 15 is 0 Å². The first-order valence-corrected chi connectivity index (χ1v) is 3.48. The number of rotatable bonds is 2. The maximum atomic E-state index is 10.9. The van der Waals surface area contributed by atoms with E-state index in [4.69, 9.17) is 11.5 Å². The molecule has 70 valence electrons. The molecule has 0 amide bonds. The van der Waals surface area contributed by atoms with Gasteiger partial charge in [-0.15, -0.1) is 5.10 Å². The number of guanidine groups is 1. The predicted octanol–water partition coefficient (Wildman–Crippen LogP) is -1.21. The highest BCUT2D eigenvalue weighted by atomic mass is 16.7. The zero-order valence-electron chi connectivity index (χ0n) is 6.97. The van der Waals surface area contributed by atoms with Crippen LogP contribution in [0.2, 0.25) is 0 Å². The fraction of sp³-hybridized carbons (Fsp3) is 0.333. The number of carbonyl (C=O) groups is 1. The monoisotopic (exact) mass is 183 g/mol. The molecule has 0 aliphatic carbocycles. The number of nitrogens with two attached hydrogens (primary N) is 2. The van der Waals surface area contributed by atoms with Gasteiger partial charge in [-0.25, -0.2) is 4.79 Å². The Hall–Kier alpha value is -1.92. The van der Waals surface area contributed by atoms with Gasteiger partial charge in [-0.3, -0.25) is 0 Å². The van der Waals surface area contributed by atoms with Crippen LogP contribution in [0.4, 0.5) is 0 Å². The normalized spacial score (nSPS) is 21.5. The molecule has 0 aromatic carbocycles. The molecule has 1 aliphatic heterocycles. The fourth-order valence-corrected chi connectivity index (χ4v) is 0.736. The van der Waals surface area contributed by atoms with Crippen LogP contribution < -0.4 is 11.5 Å². The third kappa shape index (κ3) is 2.26. The summed E-state index contributed by atoms with van der Waals surface area (Å²) in [7, 11) is 0. The minimum absolute atomic E-state index is 0.169. The van der Waals surface area contributed by atoms with Crippen molar-refractivity contribution in [3.05, 3.63) is 0 Å². The third-order valence-electron chi connectivity index (χ3n) is 1.37. The van der Waals surface area contributed by atoms with Gasteiger partial charge in [0.1, 0.15) is 5.92 Å². The lowest BCUT2D eigenvalue weighted by molar-refractivity contribution is -0.141. The Morgan fingerprint density at radius 2 is 2.38 bits per heavy atom. The van der Waals surface area contributed by atoms with E-state index in [-0.39, 0.29) is 5.96 Å². The highest BCUT2D eigenvalue weighted by Gasteiger charge is 2.27. The molecule has 0 spiro atoms. The molecule has 1 unspecified atom stereocenters. The molecule has 0 bridgehead atoms. The van der Waals surface area contributed by atoms with Crippen molar-refractivity contribution in [3.8, 4) is 0 Å². The van der Waals surface area contributed by atoms with Crippen molar-refractivity contribution in [1.29, 1.82) is 0 Å². The topological polar surface area (TPSA) is 115 Å². The molecule has 0 fully saturated rings. The molecule has 13 heavy (non-hydrogen) atoms. The average molecular weight is 183 g/mol. The van der Waals surface area contributed by atoms with E-state index < -0.39 is 11.9 Å². The smallest absolute Gasteiger partial charge is 0.349 e. The van der Waals surface area contributed by atoms with Crippen molar-refractivity contribution in [3.63, 3.8) is 0 Å². The van der Waals surface area contributed by atoms with Crippen LogP contribution in [0.1, 0.15) is 6.92 Å². The molecule has 1 aliphatic rings. The van der Waals surface area contributed by atoms with Crippen LogP contribution in [0.3, 0.4) is 0 Å². The molecule has 0 aromatic heterocycles. The number of nitrogens with zero attached hydrogens (tertiary/aromatic N) is 3. The van der Waals surface area contributed by atoms with Gasteiger partial charge in [0.05, 0.1) is 5.71 Å². The Bertz CT molecular complexity index is 302. The zero-order chi connectivity index (χ0) is 9.84. The second-order valence-electron chi connectivity index (χ2n) is 2.41. The van der Waals surface area contributed by atoms with Crippen LogP contribution in [-0.4, -0.2) is 23.9 Å². The SMILES string of the molecule is CC1=NOC(=O)C1/C=N/N=C(N)N. The van der Waals surface area contributed by atoms with E-state index in [1.807, 2.05) is 0 Å². The van der Waals surface area contributed by atoms with Gasteiger partial charge in [0, 0.05) is 6.21 Å². The minimum atomic E-state index is -0.580. The molecule has 0 saturated heterocycles. The summed E-state index contributed by atoms with van der Waals surface area (Å²) in [4.78, 5) is 15.3. The van der Waals surface area contributed by atoms with E-state index in [9.17, 15) is 4.79 Å². The van der Waals surface area contributed by atoms with Gasteiger partial charge < -0.3 is 16.3 Å². The molecular weight excluding hydrogens is 174 g/mol. The molecule has 7 nitrogen and oxygen atoms in total. The predicted molar refractivity (Wildman–Crippen MR) is 47.0 cm³/mol. The highest BCUT2D eigenvalue weighted by molar-refractivity contribution is 6.15. The van der Waals surface area contributed by atoms with Crippen LogP contribution in [0.25, 0.3) is 0 Å². The maximum absolute atomic E-state index is 10.9. The first-order chi connectivity index (χ1) is 6.11. The summed E-state index contributed by atoms with van der Waals surface area (Å²) < 4.78 is 0. The summed E-state index contributed by atoms with van der Waals surface area (Å²) >= 11 is 0. The summed E-state index contributed by atoms with van der Waals surface area (Å²) in [5.41, 5.74) is 10.6. The maximum Gasteiger partial charge on any atom is 0.349 e. The van der Waals surface area contributed by atoms with Crippen LogP contribution in [0, 0.1) is 5.92 Å². The van der Waals surface area contributed by atoms with Crippen molar-refractivity contribution >= 4 is 23.9 Å². The zero-order valence-corrected chi connectivity index (χ0v) is 6.97. The van der Waals surface area contributed by atoms with E-state index in [0.29, 0.717) is 5.71 Å². The van der Waals surface area contributed by atoms with E-state index in [1.54, 1.807) is 6.92 Å². The lowest BCUT2D eigenvalue weighted by Gasteiger charge is -1.94. The minimum Gasteiger partial charge on any atom is -0.369 e. The van der Waals surface area contributed by atoms with E-state index in [2.05, 4.69) is 20.2 Å². The van der Waals surface area contributed by atoms with Crippen molar-refractivity contribution in [2.75, 3.05) is 0 Å². The number of carbonyl (C=O) groups excluding carboxylic acids is 1. The van der Waals surface area contributed by atoms with Gasteiger partial charge in [0.25, 0.3) is 0 Å². The highest BCUT2D eigenvalue weighted by Crippen LogP contribution is 2.08. The quantitative estimate of drug-likeness (QED) is 0.242. The Morgan fingerprint density at radius 3 is 2.85 bits per heavy atom. The summed E-state index contributed by atoms with van der Waals surface area (Å²) in [5.74, 6) is -1.23. The Morgan fingerprint density at radius 1 is 1.69 bits per heavy atom. The van der Waals surface area contributed by atoms with Gasteiger partial charge in [0.2, 0.25) is 5.96 Å². The van der Waals surface area contributed by atoms with Crippen molar-refractivity contribution in [1.82, 2.24) is 0 Å².